The molecule has 0 aliphatic rings. The Morgan fingerprint density at radius 1 is 1.64 bits per heavy atom. The van der Waals surface area contributed by atoms with Gasteiger partial charge in [0.05, 0.1) is 5.75 Å². The van der Waals surface area contributed by atoms with Crippen LogP contribution in [0.2, 0.25) is 0 Å². The van der Waals surface area contributed by atoms with Crippen molar-refractivity contribution < 1.29 is 4.42 Å². The van der Waals surface area contributed by atoms with Crippen molar-refractivity contribution >= 4 is 11.8 Å². The lowest BCUT2D eigenvalue weighted by Gasteiger charge is -1.88. The Balaban J connectivity index is 2.77. The minimum absolute atomic E-state index is 0.573. The Hall–Kier alpha value is -0.410. The zero-order valence-corrected chi connectivity index (χ0v) is 7.70. The summed E-state index contributed by atoms with van der Waals surface area (Å²) in [6.45, 7) is 2.52. The summed E-state index contributed by atoms with van der Waals surface area (Å²) in [4.78, 5) is 0. The van der Waals surface area contributed by atoms with Gasteiger partial charge in [-0.05, 0) is 19.2 Å². The maximum Gasteiger partial charge on any atom is 0.114 e. The maximum atomic E-state index is 5.49. The van der Waals surface area contributed by atoms with Gasteiger partial charge in [0, 0.05) is 12.1 Å². The molecule has 0 bridgehead atoms. The van der Waals surface area contributed by atoms with Gasteiger partial charge in [-0.3, -0.25) is 0 Å². The van der Waals surface area contributed by atoms with Gasteiger partial charge in [0.2, 0.25) is 0 Å². The first-order valence-electron chi connectivity index (χ1n) is 3.55. The third-order valence-electron chi connectivity index (χ3n) is 1.58. The summed E-state index contributed by atoms with van der Waals surface area (Å²) >= 11 is 1.75. The zero-order valence-electron chi connectivity index (χ0n) is 6.89. The fraction of sp³-hybridized carbons (Fsp3) is 0.500. The molecule has 1 aromatic rings. The van der Waals surface area contributed by atoms with Crippen LogP contribution in [0.4, 0.5) is 0 Å². The van der Waals surface area contributed by atoms with Crippen molar-refractivity contribution in [2.75, 3.05) is 6.26 Å². The van der Waals surface area contributed by atoms with Crippen LogP contribution in [-0.2, 0) is 12.3 Å². The molecule has 0 aliphatic heterocycles. The third-order valence-corrected chi connectivity index (χ3v) is 2.15. The van der Waals surface area contributed by atoms with Gasteiger partial charge in [-0.25, -0.2) is 0 Å². The molecule has 0 atom stereocenters. The lowest BCUT2D eigenvalue weighted by molar-refractivity contribution is 0.498. The van der Waals surface area contributed by atoms with E-state index in [0.717, 1.165) is 22.8 Å². The molecule has 0 aromatic carbocycles. The van der Waals surface area contributed by atoms with E-state index in [-0.39, 0.29) is 0 Å². The molecule has 2 N–H and O–H groups in total. The van der Waals surface area contributed by atoms with Crippen molar-refractivity contribution in [3.8, 4) is 0 Å². The van der Waals surface area contributed by atoms with Crippen molar-refractivity contribution in [3.05, 3.63) is 23.2 Å². The van der Waals surface area contributed by atoms with Gasteiger partial charge in [-0.1, -0.05) is 0 Å². The summed E-state index contributed by atoms with van der Waals surface area (Å²) in [5.41, 5.74) is 6.61. The van der Waals surface area contributed by atoms with E-state index in [9.17, 15) is 0 Å². The van der Waals surface area contributed by atoms with Gasteiger partial charge in [-0.2, -0.15) is 11.8 Å². The molecule has 2 nitrogen and oxygen atoms in total. The Morgan fingerprint density at radius 2 is 2.36 bits per heavy atom. The van der Waals surface area contributed by atoms with Crippen molar-refractivity contribution in [1.82, 2.24) is 0 Å². The number of aryl methyl sites for hydroxylation is 1. The predicted molar refractivity (Wildman–Crippen MR) is 48.6 cm³/mol. The van der Waals surface area contributed by atoms with E-state index in [0.29, 0.717) is 6.54 Å². The minimum atomic E-state index is 0.573. The van der Waals surface area contributed by atoms with Crippen LogP contribution in [0.3, 0.4) is 0 Å². The molecule has 0 spiro atoms. The normalized spacial score (nSPS) is 10.5. The summed E-state index contributed by atoms with van der Waals surface area (Å²) in [6, 6.07) is 2.03. The number of hydrogen-bond acceptors (Lipinski definition) is 3. The van der Waals surface area contributed by atoms with Gasteiger partial charge in [0.15, 0.2) is 0 Å². The van der Waals surface area contributed by atoms with Crippen molar-refractivity contribution in [2.45, 2.75) is 19.2 Å². The minimum Gasteiger partial charge on any atom is -0.465 e. The summed E-state index contributed by atoms with van der Waals surface area (Å²) in [7, 11) is 0. The van der Waals surface area contributed by atoms with E-state index < -0.39 is 0 Å². The van der Waals surface area contributed by atoms with Gasteiger partial charge in [0.1, 0.15) is 11.5 Å². The molecule has 1 rings (SSSR count). The molecule has 3 heteroatoms. The molecule has 0 fully saturated rings. The van der Waals surface area contributed by atoms with Crippen LogP contribution in [-0.4, -0.2) is 6.26 Å². The van der Waals surface area contributed by atoms with Crippen LogP contribution in [0.1, 0.15) is 17.1 Å². The topological polar surface area (TPSA) is 39.2 Å². The van der Waals surface area contributed by atoms with Gasteiger partial charge in [0.25, 0.3) is 0 Å². The molecule has 0 saturated heterocycles. The van der Waals surface area contributed by atoms with Crippen molar-refractivity contribution in [3.63, 3.8) is 0 Å². The molecule has 1 aromatic heterocycles. The monoisotopic (exact) mass is 171 g/mol. The highest BCUT2D eigenvalue weighted by Crippen LogP contribution is 2.17. The first-order chi connectivity index (χ1) is 5.27. The maximum absolute atomic E-state index is 5.49. The molecule has 1 heterocycles. The van der Waals surface area contributed by atoms with E-state index in [1.807, 2.05) is 13.0 Å². The second-order valence-corrected chi connectivity index (χ2v) is 3.30. The molecule has 0 unspecified atom stereocenters. The SMILES string of the molecule is CSCc1cc(CN)c(C)o1. The third kappa shape index (κ3) is 2.01. The fourth-order valence-corrected chi connectivity index (χ4v) is 1.43. The number of hydrogen-bond donors (Lipinski definition) is 1. The zero-order chi connectivity index (χ0) is 8.27. The lowest BCUT2D eigenvalue weighted by atomic mass is 10.2. The Bertz CT molecular complexity index is 232. The number of furan rings is 1. The molecule has 11 heavy (non-hydrogen) atoms. The van der Waals surface area contributed by atoms with E-state index in [1.54, 1.807) is 11.8 Å². The van der Waals surface area contributed by atoms with Gasteiger partial charge >= 0.3 is 0 Å². The first-order valence-corrected chi connectivity index (χ1v) is 4.94. The van der Waals surface area contributed by atoms with Gasteiger partial charge < -0.3 is 10.2 Å². The van der Waals surface area contributed by atoms with Crippen LogP contribution in [0.25, 0.3) is 0 Å². The van der Waals surface area contributed by atoms with Crippen LogP contribution in [0, 0.1) is 6.92 Å². The summed E-state index contributed by atoms with van der Waals surface area (Å²) in [5.74, 6) is 2.91. The highest BCUT2D eigenvalue weighted by molar-refractivity contribution is 7.97. The van der Waals surface area contributed by atoms with Crippen LogP contribution < -0.4 is 5.73 Å². The van der Waals surface area contributed by atoms with E-state index >= 15 is 0 Å². The fourth-order valence-electron chi connectivity index (χ4n) is 1.00. The summed E-state index contributed by atoms with van der Waals surface area (Å²) in [5, 5.41) is 0. The molecule has 0 radical (unpaired) electrons. The van der Waals surface area contributed by atoms with Crippen molar-refractivity contribution in [1.29, 1.82) is 0 Å². The van der Waals surface area contributed by atoms with E-state index in [1.165, 1.54) is 0 Å². The Kier molecular flexibility index (Phi) is 3.02. The smallest absolute Gasteiger partial charge is 0.114 e. The number of thioether (sulfide) groups is 1. The average molecular weight is 171 g/mol. The van der Waals surface area contributed by atoms with Crippen LogP contribution in [0.5, 0.6) is 0 Å². The molecular formula is C8H13NOS. The highest BCUT2D eigenvalue weighted by atomic mass is 32.2. The highest BCUT2D eigenvalue weighted by Gasteiger charge is 2.03. The largest absolute Gasteiger partial charge is 0.465 e. The Labute approximate surface area is 71.1 Å². The van der Waals surface area contributed by atoms with Crippen molar-refractivity contribution in [2.24, 2.45) is 5.73 Å². The molecule has 62 valence electrons. The quantitative estimate of drug-likeness (QED) is 0.755. The van der Waals surface area contributed by atoms with Crippen LogP contribution >= 0.6 is 11.8 Å². The molecule has 0 aliphatic carbocycles. The second-order valence-electron chi connectivity index (χ2n) is 2.43. The summed E-state index contributed by atoms with van der Waals surface area (Å²) < 4.78 is 5.45. The van der Waals surface area contributed by atoms with Gasteiger partial charge in [-0.15, -0.1) is 0 Å². The Morgan fingerprint density at radius 3 is 2.82 bits per heavy atom. The second kappa shape index (κ2) is 3.83. The number of rotatable bonds is 3. The number of nitrogens with two attached hydrogens (primary N) is 1. The van der Waals surface area contributed by atoms with E-state index in [2.05, 4.69) is 6.26 Å². The predicted octanol–water partition coefficient (Wildman–Crippen LogP) is 1.91. The molecular weight excluding hydrogens is 158 g/mol. The van der Waals surface area contributed by atoms with Crippen LogP contribution in [0.15, 0.2) is 10.5 Å². The average Bonchev–Trinajstić information content (AvgIpc) is 2.32. The molecule has 0 amide bonds. The first kappa shape index (κ1) is 8.68. The van der Waals surface area contributed by atoms with E-state index in [4.69, 9.17) is 10.2 Å². The summed E-state index contributed by atoms with van der Waals surface area (Å²) in [6.07, 6.45) is 2.06. The molecule has 0 saturated carbocycles. The lowest BCUT2D eigenvalue weighted by Crippen LogP contribution is -1.95. The standard InChI is InChI=1S/C8H13NOS/c1-6-7(4-9)3-8(10-6)5-11-2/h3H,4-5,9H2,1-2H3.